The summed E-state index contributed by atoms with van der Waals surface area (Å²) in [5.41, 5.74) is 7.90. The Morgan fingerprint density at radius 1 is 1.12 bits per heavy atom. The molecule has 132 valence electrons. The van der Waals surface area contributed by atoms with Crippen molar-refractivity contribution in [1.29, 1.82) is 0 Å². The molecule has 0 fully saturated rings. The van der Waals surface area contributed by atoms with Gasteiger partial charge in [0, 0.05) is 24.3 Å². The number of carbonyl (C=O) groups excluding carboxylic acids is 1. The number of pyridine rings is 1. The summed E-state index contributed by atoms with van der Waals surface area (Å²) in [6.45, 7) is 6.26. The van der Waals surface area contributed by atoms with E-state index in [1.807, 2.05) is 24.3 Å². The van der Waals surface area contributed by atoms with Crippen LogP contribution in [-0.4, -0.2) is 24.0 Å². The van der Waals surface area contributed by atoms with Crippen LogP contribution in [0.25, 0.3) is 0 Å². The standard InChI is InChI=1S/C17H22N4O.2ClH/c1-3-11-21(4-2)15-8-5-13(6-9-15)17(22)20-14-7-10-16(18)19-12-14;;/h5-10,12H,3-4,11H2,1-2H3,(H2,18,19)(H,20,22);2*1H. The molecule has 0 aliphatic rings. The van der Waals surface area contributed by atoms with Crippen molar-refractivity contribution in [3.8, 4) is 0 Å². The Balaban J connectivity index is 0.00000264. The quantitative estimate of drug-likeness (QED) is 0.805. The summed E-state index contributed by atoms with van der Waals surface area (Å²) in [7, 11) is 0. The molecule has 1 heterocycles. The molecule has 7 heteroatoms. The van der Waals surface area contributed by atoms with Gasteiger partial charge in [0.15, 0.2) is 0 Å². The number of nitrogen functional groups attached to an aromatic ring is 1. The van der Waals surface area contributed by atoms with Crippen LogP contribution in [-0.2, 0) is 0 Å². The van der Waals surface area contributed by atoms with Gasteiger partial charge in [0.25, 0.3) is 5.91 Å². The maximum absolute atomic E-state index is 12.2. The van der Waals surface area contributed by atoms with Gasteiger partial charge in [-0.05, 0) is 49.7 Å². The van der Waals surface area contributed by atoms with Crippen LogP contribution in [0.1, 0.15) is 30.6 Å². The molecule has 3 N–H and O–H groups in total. The summed E-state index contributed by atoms with van der Waals surface area (Å²) >= 11 is 0. The maximum atomic E-state index is 12.2. The molecule has 0 atom stereocenters. The second-order valence-electron chi connectivity index (χ2n) is 5.05. The number of nitrogens with one attached hydrogen (secondary N) is 1. The molecule has 0 radical (unpaired) electrons. The molecule has 1 aromatic heterocycles. The molecular weight excluding hydrogens is 347 g/mol. The first-order valence-electron chi connectivity index (χ1n) is 7.52. The van der Waals surface area contributed by atoms with Gasteiger partial charge in [-0.25, -0.2) is 4.98 Å². The van der Waals surface area contributed by atoms with Gasteiger partial charge in [-0.1, -0.05) is 6.92 Å². The number of hydrogen-bond acceptors (Lipinski definition) is 4. The first-order valence-corrected chi connectivity index (χ1v) is 7.52. The first-order chi connectivity index (χ1) is 10.6. The van der Waals surface area contributed by atoms with Gasteiger partial charge < -0.3 is 16.0 Å². The number of carbonyl (C=O) groups is 1. The van der Waals surface area contributed by atoms with E-state index in [9.17, 15) is 4.79 Å². The van der Waals surface area contributed by atoms with Crippen LogP contribution in [0.5, 0.6) is 0 Å². The average molecular weight is 371 g/mol. The minimum Gasteiger partial charge on any atom is -0.384 e. The van der Waals surface area contributed by atoms with Crippen molar-refractivity contribution in [2.75, 3.05) is 29.0 Å². The molecule has 1 amide bonds. The van der Waals surface area contributed by atoms with Crippen LogP contribution in [0, 0.1) is 0 Å². The Morgan fingerprint density at radius 3 is 2.29 bits per heavy atom. The number of nitrogens with zero attached hydrogens (tertiary/aromatic N) is 2. The van der Waals surface area contributed by atoms with E-state index in [0.29, 0.717) is 17.1 Å². The fraction of sp³-hybridized carbons (Fsp3) is 0.294. The second-order valence-corrected chi connectivity index (χ2v) is 5.05. The Labute approximate surface area is 155 Å². The summed E-state index contributed by atoms with van der Waals surface area (Å²) in [6.07, 6.45) is 2.64. The van der Waals surface area contributed by atoms with Crippen LogP contribution < -0.4 is 16.0 Å². The highest BCUT2D eigenvalue weighted by Crippen LogP contribution is 2.16. The summed E-state index contributed by atoms with van der Waals surface area (Å²) in [4.78, 5) is 18.4. The lowest BCUT2D eigenvalue weighted by atomic mass is 10.1. The summed E-state index contributed by atoms with van der Waals surface area (Å²) in [6, 6.07) is 11.0. The van der Waals surface area contributed by atoms with Crippen LogP contribution >= 0.6 is 24.8 Å². The summed E-state index contributed by atoms with van der Waals surface area (Å²) in [5, 5.41) is 2.80. The van der Waals surface area contributed by atoms with E-state index in [0.717, 1.165) is 25.2 Å². The number of nitrogens with two attached hydrogens (primary N) is 1. The molecule has 0 aliphatic heterocycles. The van der Waals surface area contributed by atoms with Gasteiger partial charge in [0.05, 0.1) is 11.9 Å². The molecule has 0 saturated heterocycles. The minimum absolute atomic E-state index is 0. The molecule has 0 spiro atoms. The van der Waals surface area contributed by atoms with Crippen LogP contribution in [0.3, 0.4) is 0 Å². The van der Waals surface area contributed by atoms with Gasteiger partial charge in [0.2, 0.25) is 0 Å². The van der Waals surface area contributed by atoms with Gasteiger partial charge in [0.1, 0.15) is 5.82 Å². The number of hydrogen-bond donors (Lipinski definition) is 2. The Bertz CT molecular complexity index is 617. The molecule has 24 heavy (non-hydrogen) atoms. The summed E-state index contributed by atoms with van der Waals surface area (Å²) in [5.74, 6) is 0.273. The minimum atomic E-state index is -0.156. The van der Waals surface area contributed by atoms with E-state index in [1.54, 1.807) is 18.3 Å². The predicted octanol–water partition coefficient (Wildman–Crippen LogP) is 4.00. The number of aromatic nitrogens is 1. The summed E-state index contributed by atoms with van der Waals surface area (Å²) < 4.78 is 0. The lowest BCUT2D eigenvalue weighted by molar-refractivity contribution is 0.102. The largest absolute Gasteiger partial charge is 0.384 e. The first kappa shape index (κ1) is 22.0. The van der Waals surface area contributed by atoms with Crippen molar-refractivity contribution < 1.29 is 4.79 Å². The predicted molar refractivity (Wildman–Crippen MR) is 106 cm³/mol. The van der Waals surface area contributed by atoms with Crippen LogP contribution in [0.15, 0.2) is 42.6 Å². The van der Waals surface area contributed by atoms with Crippen molar-refractivity contribution in [1.82, 2.24) is 4.98 Å². The Kier molecular flexibility index (Phi) is 9.85. The van der Waals surface area contributed by atoms with Crippen LogP contribution in [0.4, 0.5) is 17.2 Å². The topological polar surface area (TPSA) is 71.2 Å². The normalized spacial score (nSPS) is 9.42. The SMILES string of the molecule is CCCN(CC)c1ccc(C(=O)Nc2ccc(N)nc2)cc1.Cl.Cl. The molecule has 1 aromatic carbocycles. The average Bonchev–Trinajstić information content (AvgIpc) is 2.55. The molecule has 0 unspecified atom stereocenters. The van der Waals surface area contributed by atoms with E-state index >= 15 is 0 Å². The van der Waals surface area contributed by atoms with E-state index < -0.39 is 0 Å². The maximum Gasteiger partial charge on any atom is 0.255 e. The van der Waals surface area contributed by atoms with E-state index in [4.69, 9.17) is 5.73 Å². The number of anilines is 3. The van der Waals surface area contributed by atoms with Crippen molar-refractivity contribution in [2.45, 2.75) is 20.3 Å². The zero-order valence-electron chi connectivity index (χ0n) is 13.9. The van der Waals surface area contributed by atoms with Crippen molar-refractivity contribution in [3.05, 3.63) is 48.2 Å². The van der Waals surface area contributed by atoms with E-state index in [-0.39, 0.29) is 30.7 Å². The second kappa shape index (κ2) is 10.7. The lowest BCUT2D eigenvalue weighted by Gasteiger charge is -2.22. The third-order valence-electron chi connectivity index (χ3n) is 3.41. The number of benzene rings is 1. The fourth-order valence-corrected chi connectivity index (χ4v) is 2.25. The van der Waals surface area contributed by atoms with Crippen molar-refractivity contribution in [3.63, 3.8) is 0 Å². The highest BCUT2D eigenvalue weighted by atomic mass is 35.5. The van der Waals surface area contributed by atoms with Crippen LogP contribution in [0.2, 0.25) is 0 Å². The fourth-order valence-electron chi connectivity index (χ4n) is 2.25. The number of amides is 1. The third kappa shape index (κ3) is 5.91. The van der Waals surface area contributed by atoms with Gasteiger partial charge in [-0.2, -0.15) is 0 Å². The smallest absolute Gasteiger partial charge is 0.255 e. The van der Waals surface area contributed by atoms with E-state index in [1.165, 1.54) is 0 Å². The monoisotopic (exact) mass is 370 g/mol. The zero-order chi connectivity index (χ0) is 15.9. The number of rotatable bonds is 6. The molecular formula is C17H24Cl2N4O. The van der Waals surface area contributed by atoms with Crippen molar-refractivity contribution in [2.24, 2.45) is 0 Å². The Morgan fingerprint density at radius 2 is 1.79 bits per heavy atom. The van der Waals surface area contributed by atoms with Crippen molar-refractivity contribution >= 4 is 47.9 Å². The molecule has 0 saturated carbocycles. The van der Waals surface area contributed by atoms with E-state index in [2.05, 4.69) is 29.0 Å². The highest BCUT2D eigenvalue weighted by molar-refractivity contribution is 6.04. The molecule has 0 aliphatic carbocycles. The lowest BCUT2D eigenvalue weighted by Crippen LogP contribution is -2.23. The molecule has 0 bridgehead atoms. The highest BCUT2D eigenvalue weighted by Gasteiger charge is 2.08. The van der Waals surface area contributed by atoms with Gasteiger partial charge in [-0.15, -0.1) is 24.8 Å². The Hall–Kier alpha value is -1.98. The van der Waals surface area contributed by atoms with Gasteiger partial charge in [-0.3, -0.25) is 4.79 Å². The zero-order valence-corrected chi connectivity index (χ0v) is 15.5. The molecule has 2 rings (SSSR count). The third-order valence-corrected chi connectivity index (χ3v) is 3.41. The number of halogens is 2. The molecule has 5 nitrogen and oxygen atoms in total. The van der Waals surface area contributed by atoms with Gasteiger partial charge >= 0.3 is 0 Å². The molecule has 2 aromatic rings.